The molecule has 0 aliphatic carbocycles. The van der Waals surface area contributed by atoms with E-state index in [9.17, 15) is 14.0 Å². The van der Waals surface area contributed by atoms with Crippen molar-refractivity contribution in [3.8, 4) is 0 Å². The summed E-state index contributed by atoms with van der Waals surface area (Å²) >= 11 is 3.15. The SMILES string of the molecule is O=Cc1ccc(N2CCC(C(=O)NCc3ccc(F)c(Br)c3)CC2)cc1. The molecule has 0 bridgehead atoms. The molecule has 0 radical (unpaired) electrons. The molecule has 0 atom stereocenters. The molecule has 136 valence electrons. The average molecular weight is 419 g/mol. The van der Waals surface area contributed by atoms with Crippen LogP contribution in [0.25, 0.3) is 0 Å². The van der Waals surface area contributed by atoms with Crippen molar-refractivity contribution in [1.82, 2.24) is 5.32 Å². The number of halogens is 2. The van der Waals surface area contributed by atoms with Gasteiger partial charge < -0.3 is 10.2 Å². The number of carbonyl (C=O) groups is 2. The fourth-order valence-corrected chi connectivity index (χ4v) is 3.57. The number of anilines is 1. The number of amides is 1. The number of hydrogen-bond donors (Lipinski definition) is 1. The van der Waals surface area contributed by atoms with Gasteiger partial charge in [-0.15, -0.1) is 0 Å². The zero-order valence-electron chi connectivity index (χ0n) is 14.3. The van der Waals surface area contributed by atoms with Crippen molar-refractivity contribution in [2.45, 2.75) is 19.4 Å². The maximum Gasteiger partial charge on any atom is 0.223 e. The van der Waals surface area contributed by atoms with Crippen LogP contribution in [0.3, 0.4) is 0 Å². The summed E-state index contributed by atoms with van der Waals surface area (Å²) in [5, 5.41) is 2.95. The molecular formula is C20H20BrFN2O2. The molecule has 1 aliphatic heterocycles. The third kappa shape index (κ3) is 4.49. The Morgan fingerprint density at radius 3 is 2.50 bits per heavy atom. The van der Waals surface area contributed by atoms with E-state index in [0.717, 1.165) is 43.5 Å². The van der Waals surface area contributed by atoms with Gasteiger partial charge in [0, 0.05) is 36.8 Å². The summed E-state index contributed by atoms with van der Waals surface area (Å²) in [4.78, 5) is 25.4. The first-order valence-corrected chi connectivity index (χ1v) is 9.38. The largest absolute Gasteiger partial charge is 0.371 e. The summed E-state index contributed by atoms with van der Waals surface area (Å²) in [6.45, 7) is 2.01. The van der Waals surface area contributed by atoms with Crippen molar-refractivity contribution in [3.63, 3.8) is 0 Å². The Bertz CT molecular complexity index is 787. The predicted molar refractivity (Wildman–Crippen MR) is 103 cm³/mol. The standard InChI is InChI=1S/C20H20BrFN2O2/c21-18-11-15(3-6-19(18)22)12-23-20(26)16-7-9-24(10-8-16)17-4-1-14(13-25)2-5-17/h1-6,11,13,16H,7-10,12H2,(H,23,26). The number of nitrogens with zero attached hydrogens (tertiary/aromatic N) is 1. The summed E-state index contributed by atoms with van der Waals surface area (Å²) in [5.41, 5.74) is 2.60. The predicted octanol–water partition coefficient (Wildman–Crippen LogP) is 3.93. The summed E-state index contributed by atoms with van der Waals surface area (Å²) in [5.74, 6) is -0.278. The number of aldehydes is 1. The summed E-state index contributed by atoms with van der Waals surface area (Å²) in [6, 6.07) is 12.2. The first kappa shape index (κ1) is 18.6. The minimum Gasteiger partial charge on any atom is -0.371 e. The Kier molecular flexibility index (Phi) is 6.04. The normalized spacial score (nSPS) is 14.9. The third-order valence-corrected chi connectivity index (χ3v) is 5.32. The molecule has 1 N–H and O–H groups in total. The Hall–Kier alpha value is -2.21. The van der Waals surface area contributed by atoms with Crippen LogP contribution in [0, 0.1) is 11.7 Å². The van der Waals surface area contributed by atoms with E-state index in [1.54, 1.807) is 12.1 Å². The monoisotopic (exact) mass is 418 g/mol. The number of hydrogen-bond acceptors (Lipinski definition) is 3. The van der Waals surface area contributed by atoms with Gasteiger partial charge in [0.2, 0.25) is 5.91 Å². The Balaban J connectivity index is 1.49. The minimum absolute atomic E-state index is 0.00983. The van der Waals surface area contributed by atoms with E-state index in [1.807, 2.05) is 24.3 Å². The van der Waals surface area contributed by atoms with Crippen molar-refractivity contribution in [3.05, 3.63) is 63.9 Å². The molecule has 1 fully saturated rings. The van der Waals surface area contributed by atoms with E-state index in [4.69, 9.17) is 0 Å². The number of benzene rings is 2. The topological polar surface area (TPSA) is 49.4 Å². The highest BCUT2D eigenvalue weighted by Gasteiger charge is 2.25. The smallest absolute Gasteiger partial charge is 0.223 e. The molecule has 0 aromatic heterocycles. The van der Waals surface area contributed by atoms with E-state index >= 15 is 0 Å². The van der Waals surface area contributed by atoms with Gasteiger partial charge in [-0.05, 0) is 70.7 Å². The molecule has 1 saturated heterocycles. The Morgan fingerprint density at radius 1 is 1.19 bits per heavy atom. The number of rotatable bonds is 5. The van der Waals surface area contributed by atoms with Gasteiger partial charge >= 0.3 is 0 Å². The van der Waals surface area contributed by atoms with Crippen LogP contribution in [-0.2, 0) is 11.3 Å². The molecule has 3 rings (SSSR count). The van der Waals surface area contributed by atoms with Gasteiger partial charge in [0.05, 0.1) is 4.47 Å². The number of piperidine rings is 1. The lowest BCUT2D eigenvalue weighted by Crippen LogP contribution is -2.40. The third-order valence-electron chi connectivity index (χ3n) is 4.71. The lowest BCUT2D eigenvalue weighted by molar-refractivity contribution is -0.125. The first-order chi connectivity index (χ1) is 12.6. The fraction of sp³-hybridized carbons (Fsp3) is 0.300. The number of nitrogens with one attached hydrogen (secondary N) is 1. The first-order valence-electron chi connectivity index (χ1n) is 8.58. The van der Waals surface area contributed by atoms with Gasteiger partial charge in [-0.2, -0.15) is 0 Å². The summed E-state index contributed by atoms with van der Waals surface area (Å²) in [6.07, 6.45) is 2.41. The van der Waals surface area contributed by atoms with Gasteiger partial charge in [-0.25, -0.2) is 4.39 Å². The second kappa shape index (κ2) is 8.45. The van der Waals surface area contributed by atoms with E-state index in [1.165, 1.54) is 6.07 Å². The fourth-order valence-electron chi connectivity index (χ4n) is 3.15. The highest BCUT2D eigenvalue weighted by molar-refractivity contribution is 9.10. The minimum atomic E-state index is -0.311. The molecule has 0 spiro atoms. The van der Waals surface area contributed by atoms with E-state index in [0.29, 0.717) is 16.6 Å². The molecule has 1 aliphatic rings. The molecule has 6 heteroatoms. The maximum atomic E-state index is 13.3. The maximum absolute atomic E-state index is 13.3. The number of carbonyl (C=O) groups excluding carboxylic acids is 2. The quantitative estimate of drug-likeness (QED) is 0.748. The zero-order valence-corrected chi connectivity index (χ0v) is 15.8. The van der Waals surface area contributed by atoms with Crippen molar-refractivity contribution < 1.29 is 14.0 Å². The molecule has 2 aromatic carbocycles. The molecule has 0 unspecified atom stereocenters. The van der Waals surface area contributed by atoms with Gasteiger partial charge in [-0.1, -0.05) is 6.07 Å². The Labute approximate surface area is 160 Å². The Morgan fingerprint density at radius 2 is 1.88 bits per heavy atom. The van der Waals surface area contributed by atoms with E-state index in [2.05, 4.69) is 26.1 Å². The highest BCUT2D eigenvalue weighted by Crippen LogP contribution is 2.24. The zero-order chi connectivity index (χ0) is 18.5. The van der Waals surface area contributed by atoms with E-state index in [-0.39, 0.29) is 17.6 Å². The van der Waals surface area contributed by atoms with Crippen LogP contribution in [0.4, 0.5) is 10.1 Å². The lowest BCUT2D eigenvalue weighted by atomic mass is 9.95. The second-order valence-corrected chi connectivity index (χ2v) is 7.29. The molecule has 4 nitrogen and oxygen atoms in total. The van der Waals surface area contributed by atoms with Crippen LogP contribution in [0.5, 0.6) is 0 Å². The van der Waals surface area contributed by atoms with E-state index < -0.39 is 0 Å². The van der Waals surface area contributed by atoms with Crippen molar-refractivity contribution in [1.29, 1.82) is 0 Å². The summed E-state index contributed by atoms with van der Waals surface area (Å²) in [7, 11) is 0. The van der Waals surface area contributed by atoms with Gasteiger partial charge in [0.25, 0.3) is 0 Å². The van der Waals surface area contributed by atoms with Crippen LogP contribution in [0.15, 0.2) is 46.9 Å². The second-order valence-electron chi connectivity index (χ2n) is 6.44. The van der Waals surface area contributed by atoms with Crippen LogP contribution in [0.1, 0.15) is 28.8 Å². The van der Waals surface area contributed by atoms with Gasteiger partial charge in [0.1, 0.15) is 12.1 Å². The van der Waals surface area contributed by atoms with Crippen LogP contribution in [-0.4, -0.2) is 25.3 Å². The van der Waals surface area contributed by atoms with Crippen LogP contribution >= 0.6 is 15.9 Å². The average Bonchev–Trinajstić information content (AvgIpc) is 2.69. The van der Waals surface area contributed by atoms with Crippen LogP contribution in [0.2, 0.25) is 0 Å². The highest BCUT2D eigenvalue weighted by atomic mass is 79.9. The van der Waals surface area contributed by atoms with Crippen molar-refractivity contribution >= 4 is 33.8 Å². The lowest BCUT2D eigenvalue weighted by Gasteiger charge is -2.33. The summed E-state index contributed by atoms with van der Waals surface area (Å²) < 4.78 is 13.7. The van der Waals surface area contributed by atoms with Gasteiger partial charge in [0.15, 0.2) is 0 Å². The van der Waals surface area contributed by atoms with Gasteiger partial charge in [-0.3, -0.25) is 9.59 Å². The van der Waals surface area contributed by atoms with Crippen molar-refractivity contribution in [2.75, 3.05) is 18.0 Å². The molecule has 0 saturated carbocycles. The molecule has 2 aromatic rings. The molecule has 26 heavy (non-hydrogen) atoms. The molecule has 1 amide bonds. The van der Waals surface area contributed by atoms with Crippen molar-refractivity contribution in [2.24, 2.45) is 5.92 Å². The molecular weight excluding hydrogens is 399 g/mol. The molecule has 1 heterocycles. The van der Waals surface area contributed by atoms with Crippen LogP contribution < -0.4 is 10.2 Å².